The second kappa shape index (κ2) is 6.58. The lowest BCUT2D eigenvalue weighted by molar-refractivity contribution is -0.153. The molecule has 2 fully saturated rings. The van der Waals surface area contributed by atoms with E-state index in [0.29, 0.717) is 6.42 Å². The number of benzene rings is 2. The average Bonchev–Trinajstić information content (AvgIpc) is 2.73. The van der Waals surface area contributed by atoms with Crippen molar-refractivity contribution >= 4 is 34.3 Å². The van der Waals surface area contributed by atoms with Crippen LogP contribution in [-0.4, -0.2) is 42.4 Å². The minimum atomic E-state index is -1.27. The molecule has 150 valence electrons. The summed E-state index contributed by atoms with van der Waals surface area (Å²) in [6, 6.07) is 11.5. The zero-order chi connectivity index (χ0) is 20.2. The maximum absolute atomic E-state index is 13.7. The lowest BCUT2D eigenvalue weighted by atomic mass is 9.73. The smallest absolute Gasteiger partial charge is 0.331 e. The molecule has 3 aliphatic rings. The van der Waals surface area contributed by atoms with Gasteiger partial charge in [-0.2, -0.15) is 0 Å². The number of hydrogen-bond donors (Lipinski definition) is 1. The van der Waals surface area contributed by atoms with Gasteiger partial charge in [-0.25, -0.2) is 4.79 Å². The van der Waals surface area contributed by atoms with Crippen LogP contribution in [0.25, 0.3) is 10.8 Å². The predicted molar refractivity (Wildman–Crippen MR) is 111 cm³/mol. The number of amides is 4. The lowest BCUT2D eigenvalue weighted by Gasteiger charge is -2.47. The van der Waals surface area contributed by atoms with Crippen molar-refractivity contribution in [1.29, 1.82) is 0 Å². The van der Waals surface area contributed by atoms with E-state index in [-0.39, 0.29) is 18.5 Å². The maximum Gasteiger partial charge on any atom is 0.331 e. The van der Waals surface area contributed by atoms with Crippen molar-refractivity contribution in [3.63, 3.8) is 0 Å². The van der Waals surface area contributed by atoms with Gasteiger partial charge in [0, 0.05) is 31.7 Å². The molecule has 6 nitrogen and oxygen atoms in total. The van der Waals surface area contributed by atoms with Crippen LogP contribution >= 0.6 is 0 Å². The van der Waals surface area contributed by atoms with E-state index in [1.807, 2.05) is 36.2 Å². The number of hydrogen-bond acceptors (Lipinski definition) is 4. The first-order valence-electron chi connectivity index (χ1n) is 10.4. The highest BCUT2D eigenvalue weighted by molar-refractivity contribution is 6.20. The van der Waals surface area contributed by atoms with Gasteiger partial charge in [0.25, 0.3) is 0 Å². The first-order valence-corrected chi connectivity index (χ1v) is 10.4. The van der Waals surface area contributed by atoms with E-state index >= 15 is 0 Å². The Hall–Kier alpha value is -2.89. The van der Waals surface area contributed by atoms with E-state index in [1.54, 1.807) is 0 Å². The number of nitrogens with zero attached hydrogens (tertiary/aromatic N) is 2. The third-order valence-electron chi connectivity index (χ3n) is 6.85. The molecule has 4 amide bonds. The van der Waals surface area contributed by atoms with Crippen LogP contribution in [0.1, 0.15) is 37.7 Å². The first-order chi connectivity index (χ1) is 14.0. The number of urea groups is 1. The monoisotopic (exact) mass is 391 g/mol. The quantitative estimate of drug-likeness (QED) is 0.758. The molecule has 0 aromatic heterocycles. The van der Waals surface area contributed by atoms with Crippen LogP contribution in [0, 0.1) is 5.41 Å². The largest absolute Gasteiger partial charge is 0.373 e. The van der Waals surface area contributed by atoms with E-state index in [9.17, 15) is 14.4 Å². The third kappa shape index (κ3) is 2.65. The van der Waals surface area contributed by atoms with Gasteiger partial charge < -0.3 is 4.90 Å². The number of fused-ring (bicyclic) bond motifs is 3. The van der Waals surface area contributed by atoms with E-state index in [1.165, 1.54) is 4.90 Å². The Morgan fingerprint density at radius 1 is 1.00 bits per heavy atom. The first kappa shape index (κ1) is 18.2. The summed E-state index contributed by atoms with van der Waals surface area (Å²) < 4.78 is 0. The molecule has 1 atom stereocenters. The summed E-state index contributed by atoms with van der Waals surface area (Å²) in [6.45, 7) is 0.277. The number of rotatable bonds is 1. The summed E-state index contributed by atoms with van der Waals surface area (Å²) in [5.74, 6) is -0.798. The van der Waals surface area contributed by atoms with Gasteiger partial charge >= 0.3 is 6.03 Å². The fraction of sp³-hybridized carbons (Fsp3) is 0.435. The van der Waals surface area contributed by atoms with Crippen LogP contribution in [0.5, 0.6) is 0 Å². The van der Waals surface area contributed by atoms with E-state index in [2.05, 4.69) is 17.4 Å². The van der Waals surface area contributed by atoms with Crippen LogP contribution in [0.15, 0.2) is 36.4 Å². The minimum absolute atomic E-state index is 0.111. The summed E-state index contributed by atoms with van der Waals surface area (Å²) in [5.41, 5.74) is 0.770. The number of barbiturate groups is 1. The van der Waals surface area contributed by atoms with E-state index in [0.717, 1.165) is 54.1 Å². The van der Waals surface area contributed by atoms with Gasteiger partial charge in [0.1, 0.15) is 5.41 Å². The minimum Gasteiger partial charge on any atom is -0.373 e. The van der Waals surface area contributed by atoms with E-state index in [4.69, 9.17) is 0 Å². The van der Waals surface area contributed by atoms with Crippen LogP contribution in [-0.2, 0) is 16.0 Å². The summed E-state index contributed by atoms with van der Waals surface area (Å²) in [7, 11) is 1.91. The Labute approximate surface area is 169 Å². The number of anilines is 1. The van der Waals surface area contributed by atoms with Gasteiger partial charge in [0.05, 0.1) is 0 Å². The molecule has 0 bridgehead atoms. The molecule has 2 aromatic carbocycles. The standard InChI is InChI=1S/C23H25N3O3/c1-25-14-23(13-18-17-10-6-5-7-15(17)11-12-19(18)25)20(27)24-22(29)26(21(23)28)16-8-3-2-4-9-16/h5-7,10-12,16H,2-4,8-9,13-14H2,1H3,(H,24,27,29)/t23-/m1/s1. The van der Waals surface area contributed by atoms with Gasteiger partial charge in [0.15, 0.2) is 0 Å². The van der Waals surface area contributed by atoms with Crippen molar-refractivity contribution in [3.05, 3.63) is 42.0 Å². The maximum atomic E-state index is 13.7. The van der Waals surface area contributed by atoms with Crippen LogP contribution in [0.4, 0.5) is 10.5 Å². The van der Waals surface area contributed by atoms with Crippen molar-refractivity contribution in [1.82, 2.24) is 10.2 Å². The topological polar surface area (TPSA) is 69.7 Å². The molecule has 5 rings (SSSR count). The molecule has 1 saturated heterocycles. The molecular weight excluding hydrogens is 366 g/mol. The Balaban J connectivity index is 1.61. The molecule has 2 aliphatic heterocycles. The Morgan fingerprint density at radius 3 is 2.55 bits per heavy atom. The zero-order valence-electron chi connectivity index (χ0n) is 16.6. The number of imide groups is 2. The molecule has 1 saturated carbocycles. The molecule has 1 N–H and O–H groups in total. The summed E-state index contributed by atoms with van der Waals surface area (Å²) in [4.78, 5) is 42.8. The highest BCUT2D eigenvalue weighted by Gasteiger charge is 2.57. The van der Waals surface area contributed by atoms with Crippen molar-refractivity contribution in [2.45, 2.75) is 44.6 Å². The number of carbonyl (C=O) groups excluding carboxylic acids is 3. The normalized spacial score (nSPS) is 25.5. The zero-order valence-corrected chi connectivity index (χ0v) is 16.6. The molecule has 1 aliphatic carbocycles. The van der Waals surface area contributed by atoms with E-state index < -0.39 is 17.4 Å². The van der Waals surface area contributed by atoms with Gasteiger partial charge in [-0.1, -0.05) is 49.6 Å². The van der Waals surface area contributed by atoms with Crippen LogP contribution in [0.2, 0.25) is 0 Å². The van der Waals surface area contributed by atoms with Crippen LogP contribution < -0.4 is 10.2 Å². The van der Waals surface area contributed by atoms with Crippen molar-refractivity contribution in [2.75, 3.05) is 18.5 Å². The molecule has 2 aromatic rings. The molecule has 0 radical (unpaired) electrons. The Kier molecular flexibility index (Phi) is 4.12. The fourth-order valence-electron chi connectivity index (χ4n) is 5.38. The fourth-order valence-corrected chi connectivity index (χ4v) is 5.38. The molecule has 2 heterocycles. The van der Waals surface area contributed by atoms with Gasteiger partial charge in [0.2, 0.25) is 11.8 Å². The van der Waals surface area contributed by atoms with Crippen LogP contribution in [0.3, 0.4) is 0 Å². The molecular formula is C23H25N3O3. The second-order valence-electron chi connectivity index (χ2n) is 8.63. The molecule has 6 heteroatoms. The molecule has 1 spiro atoms. The van der Waals surface area contributed by atoms with Crippen molar-refractivity contribution < 1.29 is 14.4 Å². The lowest BCUT2D eigenvalue weighted by Crippen LogP contribution is -2.70. The Morgan fingerprint density at radius 2 is 1.76 bits per heavy atom. The Bertz CT molecular complexity index is 1030. The van der Waals surface area contributed by atoms with Crippen molar-refractivity contribution in [3.8, 4) is 0 Å². The predicted octanol–water partition coefficient (Wildman–Crippen LogP) is 3.23. The van der Waals surface area contributed by atoms with Crippen molar-refractivity contribution in [2.24, 2.45) is 5.41 Å². The second-order valence-corrected chi connectivity index (χ2v) is 8.63. The van der Waals surface area contributed by atoms with Gasteiger partial charge in [-0.15, -0.1) is 0 Å². The number of carbonyl (C=O) groups is 3. The summed E-state index contributed by atoms with van der Waals surface area (Å²) in [5, 5.41) is 4.65. The highest BCUT2D eigenvalue weighted by Crippen LogP contribution is 2.43. The number of nitrogens with one attached hydrogen (secondary N) is 1. The highest BCUT2D eigenvalue weighted by atomic mass is 16.2. The third-order valence-corrected chi connectivity index (χ3v) is 6.85. The SMILES string of the molecule is CN1C[C@]2(Cc3c1ccc1ccccc31)C(=O)NC(=O)N(C1CCCCC1)C2=O. The average molecular weight is 391 g/mol. The van der Waals surface area contributed by atoms with Gasteiger partial charge in [-0.05, 0) is 35.2 Å². The molecule has 0 unspecified atom stereocenters. The summed E-state index contributed by atoms with van der Waals surface area (Å²) in [6.07, 6.45) is 5.10. The summed E-state index contributed by atoms with van der Waals surface area (Å²) >= 11 is 0. The van der Waals surface area contributed by atoms with Gasteiger partial charge in [-0.3, -0.25) is 19.8 Å². The molecule has 29 heavy (non-hydrogen) atoms.